The zero-order valence-electron chi connectivity index (χ0n) is 26.0. The second-order valence-corrected chi connectivity index (χ2v) is 16.4. The van der Waals surface area contributed by atoms with E-state index in [1.54, 1.807) is 39.1 Å². The minimum Gasteiger partial charge on any atom is -0.465 e. The van der Waals surface area contributed by atoms with Crippen molar-refractivity contribution >= 4 is 54.7 Å². The smallest absolute Gasteiger partial charge is 0.340 e. The predicted octanol–water partition coefficient (Wildman–Crippen LogP) is 6.91. The van der Waals surface area contributed by atoms with Crippen molar-refractivity contribution in [2.24, 2.45) is 11.8 Å². The molecule has 2 aliphatic rings. The van der Waals surface area contributed by atoms with Gasteiger partial charge in [0.2, 0.25) is 20.0 Å². The number of anilines is 3. The minimum absolute atomic E-state index is 0.0170. The minimum atomic E-state index is -3.97. The molecule has 0 spiro atoms. The van der Waals surface area contributed by atoms with Crippen LogP contribution in [-0.4, -0.2) is 59.6 Å². The van der Waals surface area contributed by atoms with E-state index in [0.717, 1.165) is 37.8 Å². The Labute approximate surface area is 271 Å². The summed E-state index contributed by atoms with van der Waals surface area (Å²) in [5.74, 6) is -0.779. The van der Waals surface area contributed by atoms with Crippen molar-refractivity contribution in [1.82, 2.24) is 4.31 Å². The molecule has 1 atom stereocenters. The SMILES string of the molecule is COC(=O)c1cc(-c2cc3c(cc2Cl)N(c2ccccc2)C[C@@H](C2CCCCC2)N(C)S3(=O)=O)ccc1NS(=O)(=O)CC(C)C. The molecule has 1 fully saturated rings. The molecule has 1 aliphatic heterocycles. The van der Waals surface area contributed by atoms with Crippen molar-refractivity contribution in [3.63, 3.8) is 0 Å². The second-order valence-electron chi connectivity index (χ2n) is 12.3. The Bertz CT molecular complexity index is 1780. The third-order valence-electron chi connectivity index (χ3n) is 8.65. The Morgan fingerprint density at radius 1 is 1.04 bits per heavy atom. The van der Waals surface area contributed by atoms with Crippen molar-refractivity contribution in [2.45, 2.75) is 56.9 Å². The Balaban J connectivity index is 1.65. The normalized spacial score (nSPS) is 19.2. The van der Waals surface area contributed by atoms with Crippen LogP contribution in [0, 0.1) is 11.8 Å². The molecule has 9 nitrogen and oxygen atoms in total. The van der Waals surface area contributed by atoms with Crippen molar-refractivity contribution in [3.8, 4) is 11.1 Å². The van der Waals surface area contributed by atoms with Gasteiger partial charge in [0.15, 0.2) is 0 Å². The van der Waals surface area contributed by atoms with Crippen molar-refractivity contribution in [2.75, 3.05) is 36.1 Å². The molecule has 0 radical (unpaired) electrons. The number of carbonyl (C=O) groups is 1. The van der Waals surface area contributed by atoms with Gasteiger partial charge in [-0.2, -0.15) is 4.31 Å². The second kappa shape index (κ2) is 13.3. The van der Waals surface area contributed by atoms with E-state index in [2.05, 4.69) is 4.72 Å². The van der Waals surface area contributed by atoms with E-state index in [1.807, 2.05) is 35.2 Å². The highest BCUT2D eigenvalue weighted by atomic mass is 35.5. The molecule has 1 saturated carbocycles. The zero-order valence-corrected chi connectivity index (χ0v) is 28.4. The van der Waals surface area contributed by atoms with Crippen LogP contribution in [0.2, 0.25) is 5.02 Å². The lowest BCUT2D eigenvalue weighted by Gasteiger charge is -2.36. The maximum atomic E-state index is 14.4. The van der Waals surface area contributed by atoms with Gasteiger partial charge in [-0.15, -0.1) is 0 Å². The lowest BCUT2D eigenvalue weighted by Crippen LogP contribution is -2.46. The number of benzene rings is 3. The summed E-state index contributed by atoms with van der Waals surface area (Å²) in [4.78, 5) is 15.0. The van der Waals surface area contributed by atoms with Gasteiger partial charge in [-0.25, -0.2) is 21.6 Å². The Hall–Kier alpha value is -3.12. The molecule has 3 aromatic rings. The first-order chi connectivity index (χ1) is 21.3. The number of sulfonamides is 2. The molecule has 0 bridgehead atoms. The molecule has 1 aliphatic carbocycles. The summed E-state index contributed by atoms with van der Waals surface area (Å²) in [6.07, 6.45) is 5.26. The van der Waals surface area contributed by atoms with Gasteiger partial charge in [0, 0.05) is 30.9 Å². The fourth-order valence-electron chi connectivity index (χ4n) is 6.46. The van der Waals surface area contributed by atoms with Crippen LogP contribution in [0.1, 0.15) is 56.3 Å². The highest BCUT2D eigenvalue weighted by Gasteiger charge is 2.41. The van der Waals surface area contributed by atoms with E-state index in [-0.39, 0.29) is 44.8 Å². The van der Waals surface area contributed by atoms with Crippen LogP contribution in [0.3, 0.4) is 0 Å². The number of fused-ring (bicyclic) bond motifs is 1. The number of rotatable bonds is 8. The molecule has 0 saturated heterocycles. The number of halogens is 1. The number of hydrogen-bond acceptors (Lipinski definition) is 7. The number of nitrogens with zero attached hydrogens (tertiary/aromatic N) is 2. The van der Waals surface area contributed by atoms with Crippen LogP contribution in [0.4, 0.5) is 17.1 Å². The summed E-state index contributed by atoms with van der Waals surface area (Å²) in [5, 5.41) is 0.285. The van der Waals surface area contributed by atoms with Crippen LogP contribution < -0.4 is 9.62 Å². The van der Waals surface area contributed by atoms with E-state index in [1.165, 1.54) is 23.5 Å². The Morgan fingerprint density at radius 3 is 2.38 bits per heavy atom. The van der Waals surface area contributed by atoms with E-state index >= 15 is 0 Å². The summed E-state index contributed by atoms with van der Waals surface area (Å²) in [7, 11) is -4.84. The molecule has 0 unspecified atom stereocenters. The first-order valence-corrected chi connectivity index (χ1v) is 18.7. The molecule has 45 heavy (non-hydrogen) atoms. The topological polar surface area (TPSA) is 113 Å². The summed E-state index contributed by atoms with van der Waals surface area (Å²) in [6, 6.07) is 17.2. The van der Waals surface area contributed by atoms with Gasteiger partial charge in [-0.3, -0.25) is 4.72 Å². The maximum Gasteiger partial charge on any atom is 0.340 e. The van der Waals surface area contributed by atoms with Gasteiger partial charge < -0.3 is 9.64 Å². The third-order valence-corrected chi connectivity index (χ3v) is 12.5. The molecule has 0 amide bonds. The van der Waals surface area contributed by atoms with Crippen LogP contribution in [-0.2, 0) is 24.8 Å². The highest BCUT2D eigenvalue weighted by Crippen LogP contribution is 2.45. The number of esters is 1. The number of para-hydroxylation sites is 1. The fourth-order valence-corrected chi connectivity index (χ4v) is 9.81. The average Bonchev–Trinajstić information content (AvgIpc) is 3.08. The molecule has 242 valence electrons. The number of nitrogens with one attached hydrogen (secondary N) is 1. The zero-order chi connectivity index (χ0) is 32.5. The van der Waals surface area contributed by atoms with Crippen molar-refractivity contribution in [3.05, 3.63) is 71.2 Å². The van der Waals surface area contributed by atoms with Gasteiger partial charge in [0.05, 0.1) is 34.8 Å². The molecule has 5 rings (SSSR count). The molecule has 3 aromatic carbocycles. The molecular formula is C33H40ClN3O6S2. The molecule has 1 heterocycles. The molecule has 1 N–H and O–H groups in total. The summed E-state index contributed by atoms with van der Waals surface area (Å²) < 4.78 is 63.1. The van der Waals surface area contributed by atoms with Crippen LogP contribution in [0.25, 0.3) is 11.1 Å². The van der Waals surface area contributed by atoms with Gasteiger partial charge in [-0.05, 0) is 66.6 Å². The third kappa shape index (κ3) is 7.01. The van der Waals surface area contributed by atoms with E-state index in [9.17, 15) is 21.6 Å². The number of hydrogen-bond donors (Lipinski definition) is 1. The fraction of sp³-hybridized carbons (Fsp3) is 0.424. The Kier molecular flexibility index (Phi) is 9.84. The van der Waals surface area contributed by atoms with Gasteiger partial charge in [-0.1, -0.05) is 69.0 Å². The lowest BCUT2D eigenvalue weighted by atomic mass is 9.83. The van der Waals surface area contributed by atoms with Crippen LogP contribution in [0.15, 0.2) is 65.6 Å². The quantitative estimate of drug-likeness (QED) is 0.259. The van der Waals surface area contributed by atoms with Gasteiger partial charge in [0.25, 0.3) is 0 Å². The predicted molar refractivity (Wildman–Crippen MR) is 179 cm³/mol. The standard InChI is InChI=1S/C33H40ClN3O6S2/c1-22(2)21-44(39,40)35-29-16-15-24(17-27(29)33(38)43-4)26-18-32-30(19-28(26)34)37(25-13-9-6-10-14-25)20-31(36(3)45(32,41)42)23-11-7-5-8-12-23/h6,9-10,13-19,22-23,31,35H,5,7-8,11-12,20-21H2,1-4H3/t31-/m0/s1. The lowest BCUT2D eigenvalue weighted by molar-refractivity contribution is 0.0602. The summed E-state index contributed by atoms with van der Waals surface area (Å²) in [6.45, 7) is 4.04. The number of carbonyl (C=O) groups excluding carboxylic acids is 1. The Morgan fingerprint density at radius 2 is 1.73 bits per heavy atom. The van der Waals surface area contributed by atoms with Crippen molar-refractivity contribution < 1.29 is 26.4 Å². The summed E-state index contributed by atoms with van der Waals surface area (Å²) in [5.41, 5.74) is 2.21. The molecule has 12 heteroatoms. The number of likely N-dealkylation sites (N-methyl/N-ethyl adjacent to an activating group) is 1. The molecular weight excluding hydrogens is 634 g/mol. The summed E-state index contributed by atoms with van der Waals surface area (Å²) >= 11 is 6.92. The first-order valence-electron chi connectivity index (χ1n) is 15.2. The number of methoxy groups -OCH3 is 1. The largest absolute Gasteiger partial charge is 0.465 e. The van der Waals surface area contributed by atoms with E-state index in [0.29, 0.717) is 23.4 Å². The highest BCUT2D eigenvalue weighted by molar-refractivity contribution is 7.92. The first kappa shape index (κ1) is 33.2. The maximum absolute atomic E-state index is 14.4. The monoisotopic (exact) mass is 673 g/mol. The van der Waals surface area contributed by atoms with Gasteiger partial charge in [0.1, 0.15) is 4.90 Å². The number of ether oxygens (including phenoxy) is 1. The average molecular weight is 674 g/mol. The van der Waals surface area contributed by atoms with E-state index < -0.39 is 26.0 Å². The van der Waals surface area contributed by atoms with E-state index in [4.69, 9.17) is 16.3 Å². The van der Waals surface area contributed by atoms with Crippen LogP contribution in [0.5, 0.6) is 0 Å². The van der Waals surface area contributed by atoms with Crippen molar-refractivity contribution in [1.29, 1.82) is 0 Å². The van der Waals surface area contributed by atoms with Gasteiger partial charge >= 0.3 is 5.97 Å². The molecule has 0 aromatic heterocycles. The van der Waals surface area contributed by atoms with Crippen LogP contribution >= 0.6 is 11.6 Å².